The number of rotatable bonds is 9. The Hall–Kier alpha value is -3.12. The van der Waals surface area contributed by atoms with Gasteiger partial charge in [-0.1, -0.05) is 6.07 Å². The third-order valence-electron chi connectivity index (χ3n) is 7.40. The summed E-state index contributed by atoms with van der Waals surface area (Å²) in [5.74, 6) is -0.0439. The van der Waals surface area contributed by atoms with E-state index in [4.69, 9.17) is 9.47 Å². The van der Waals surface area contributed by atoms with Crippen molar-refractivity contribution in [1.29, 1.82) is 0 Å². The number of morpholine rings is 1. The first-order valence-electron chi connectivity index (χ1n) is 13.7. The molecule has 2 aliphatic heterocycles. The molecule has 0 spiro atoms. The zero-order valence-corrected chi connectivity index (χ0v) is 24.1. The number of methoxy groups -OCH3 is 1. The van der Waals surface area contributed by atoms with Crippen molar-refractivity contribution in [3.63, 3.8) is 0 Å². The van der Waals surface area contributed by atoms with Gasteiger partial charge in [-0.3, -0.25) is 14.8 Å². The van der Waals surface area contributed by atoms with Gasteiger partial charge in [0.25, 0.3) is 0 Å². The molecule has 2 aliphatic rings. The number of pyridine rings is 2. The van der Waals surface area contributed by atoms with Gasteiger partial charge in [0.15, 0.2) is 11.0 Å². The van der Waals surface area contributed by atoms with Crippen LogP contribution in [0.2, 0.25) is 0 Å². The maximum Gasteiger partial charge on any atom is 0.231 e. The first kappa shape index (κ1) is 28.4. The van der Waals surface area contributed by atoms with Crippen LogP contribution in [0.5, 0.6) is 5.88 Å². The molecule has 1 N–H and O–H groups in total. The van der Waals surface area contributed by atoms with Gasteiger partial charge in [0.1, 0.15) is 10.7 Å². The third kappa shape index (κ3) is 6.77. The minimum atomic E-state index is -1.67. The van der Waals surface area contributed by atoms with Crippen molar-refractivity contribution in [2.45, 2.75) is 31.3 Å². The SMILES string of the molecule is COc1ncc(N2CCOCC2)cc1S(=O)Nc1ccnc(-c2ccc(CN3CCN(C(C)C)CC3)cc2F)c1. The molecule has 3 aromatic rings. The number of nitrogens with one attached hydrogen (secondary N) is 1. The second kappa shape index (κ2) is 13.0. The van der Waals surface area contributed by atoms with E-state index in [-0.39, 0.29) is 11.7 Å². The molecule has 0 bridgehead atoms. The van der Waals surface area contributed by atoms with Crippen LogP contribution in [0.15, 0.2) is 53.7 Å². The third-order valence-corrected chi connectivity index (χ3v) is 8.51. The fourth-order valence-corrected chi connectivity index (χ4v) is 6.04. The predicted octanol–water partition coefficient (Wildman–Crippen LogP) is 3.79. The summed E-state index contributed by atoms with van der Waals surface area (Å²) in [6, 6.07) is 11.1. The number of halogens is 1. The Morgan fingerprint density at radius 2 is 1.82 bits per heavy atom. The quantitative estimate of drug-likeness (QED) is 0.418. The minimum Gasteiger partial charge on any atom is -0.480 e. The van der Waals surface area contributed by atoms with E-state index < -0.39 is 11.0 Å². The van der Waals surface area contributed by atoms with Crippen LogP contribution < -0.4 is 14.4 Å². The highest BCUT2D eigenvalue weighted by molar-refractivity contribution is 7.86. The van der Waals surface area contributed by atoms with Gasteiger partial charge < -0.3 is 19.1 Å². The highest BCUT2D eigenvalue weighted by Crippen LogP contribution is 2.29. The van der Waals surface area contributed by atoms with Crippen LogP contribution in [-0.2, 0) is 22.3 Å². The molecule has 2 fully saturated rings. The van der Waals surface area contributed by atoms with Gasteiger partial charge in [-0.05, 0) is 49.7 Å². The van der Waals surface area contributed by atoms with E-state index in [0.29, 0.717) is 41.1 Å². The average molecular weight is 569 g/mol. The van der Waals surface area contributed by atoms with Crippen molar-refractivity contribution in [3.8, 4) is 17.1 Å². The second-order valence-electron chi connectivity index (χ2n) is 10.3. The van der Waals surface area contributed by atoms with Gasteiger partial charge in [-0.25, -0.2) is 13.6 Å². The molecule has 4 heterocycles. The van der Waals surface area contributed by atoms with Crippen LogP contribution in [0.3, 0.4) is 0 Å². The van der Waals surface area contributed by atoms with Gasteiger partial charge in [0, 0.05) is 63.6 Å². The molecule has 2 saturated heterocycles. The van der Waals surface area contributed by atoms with Gasteiger partial charge in [0.05, 0.1) is 43.6 Å². The molecule has 214 valence electrons. The smallest absolute Gasteiger partial charge is 0.231 e. The largest absolute Gasteiger partial charge is 0.480 e. The van der Waals surface area contributed by atoms with Crippen molar-refractivity contribution in [2.24, 2.45) is 0 Å². The maximum atomic E-state index is 15.3. The summed E-state index contributed by atoms with van der Waals surface area (Å²) >= 11 is 0. The Kier molecular flexibility index (Phi) is 9.25. The summed E-state index contributed by atoms with van der Waals surface area (Å²) in [6.07, 6.45) is 3.30. The van der Waals surface area contributed by atoms with E-state index in [9.17, 15) is 4.21 Å². The number of anilines is 2. The summed E-state index contributed by atoms with van der Waals surface area (Å²) < 4.78 is 42.4. The molecule has 0 aliphatic carbocycles. The number of piperazine rings is 1. The maximum absolute atomic E-state index is 15.3. The Balaban J connectivity index is 1.28. The average Bonchev–Trinajstić information content (AvgIpc) is 2.98. The number of nitrogens with zero attached hydrogens (tertiary/aromatic N) is 5. The van der Waals surface area contributed by atoms with E-state index in [1.165, 1.54) is 7.11 Å². The Bertz CT molecular complexity index is 1330. The number of aromatic nitrogens is 2. The summed E-state index contributed by atoms with van der Waals surface area (Å²) in [5, 5.41) is 0. The molecular formula is C29H37FN6O3S. The van der Waals surface area contributed by atoms with Crippen LogP contribution >= 0.6 is 0 Å². The molecular weight excluding hydrogens is 531 g/mol. The topological polar surface area (TPSA) is 83.1 Å². The molecule has 1 unspecified atom stereocenters. The number of benzene rings is 1. The molecule has 0 radical (unpaired) electrons. The highest BCUT2D eigenvalue weighted by atomic mass is 32.2. The lowest BCUT2D eigenvalue weighted by molar-refractivity contribution is 0.104. The van der Waals surface area contributed by atoms with Crippen molar-refractivity contribution in [3.05, 3.63) is 60.2 Å². The van der Waals surface area contributed by atoms with Gasteiger partial charge in [-0.2, -0.15) is 0 Å². The van der Waals surface area contributed by atoms with Crippen molar-refractivity contribution < 1.29 is 18.1 Å². The number of hydrogen-bond donors (Lipinski definition) is 1. The molecule has 1 aromatic carbocycles. The normalized spacial score (nSPS) is 17.7. The van der Waals surface area contributed by atoms with E-state index in [1.807, 2.05) is 12.1 Å². The zero-order chi connectivity index (χ0) is 28.1. The fourth-order valence-electron chi connectivity index (χ4n) is 5.07. The molecule has 0 saturated carbocycles. The summed E-state index contributed by atoms with van der Waals surface area (Å²) in [5.41, 5.74) is 3.21. The van der Waals surface area contributed by atoms with Gasteiger partial charge in [-0.15, -0.1) is 0 Å². The predicted molar refractivity (Wildman–Crippen MR) is 155 cm³/mol. The lowest BCUT2D eigenvalue weighted by Crippen LogP contribution is -2.48. The molecule has 40 heavy (non-hydrogen) atoms. The Morgan fingerprint density at radius 1 is 1.05 bits per heavy atom. The van der Waals surface area contributed by atoms with Gasteiger partial charge in [0.2, 0.25) is 5.88 Å². The zero-order valence-electron chi connectivity index (χ0n) is 23.3. The van der Waals surface area contributed by atoms with Gasteiger partial charge >= 0.3 is 0 Å². The highest BCUT2D eigenvalue weighted by Gasteiger charge is 2.20. The standard InChI is InChI=1S/C29H37FN6O3S/c1-21(2)35-10-8-34(9-11-35)20-22-4-5-25(26(30)16-22)27-17-23(6-7-31-27)33-40(37)28-18-24(19-32-29(28)38-3)36-12-14-39-15-13-36/h4-7,16-19,21H,8-15,20H2,1-3H3,(H,31,33). The summed E-state index contributed by atoms with van der Waals surface area (Å²) in [7, 11) is -0.170. The summed E-state index contributed by atoms with van der Waals surface area (Å²) in [4.78, 5) is 16.1. The first-order chi connectivity index (χ1) is 19.4. The fraction of sp³-hybridized carbons (Fsp3) is 0.448. The van der Waals surface area contributed by atoms with Crippen LogP contribution in [0.4, 0.5) is 15.8 Å². The van der Waals surface area contributed by atoms with E-state index in [0.717, 1.165) is 57.1 Å². The Morgan fingerprint density at radius 3 is 2.52 bits per heavy atom. The molecule has 11 heteroatoms. The van der Waals surface area contributed by atoms with Crippen LogP contribution in [0.1, 0.15) is 19.4 Å². The lowest BCUT2D eigenvalue weighted by Gasteiger charge is -2.36. The lowest BCUT2D eigenvalue weighted by atomic mass is 10.1. The number of hydrogen-bond acceptors (Lipinski definition) is 8. The van der Waals surface area contributed by atoms with Crippen molar-refractivity contribution >= 4 is 22.4 Å². The minimum absolute atomic E-state index is 0.282. The summed E-state index contributed by atoms with van der Waals surface area (Å²) in [6.45, 7) is 11.9. The van der Waals surface area contributed by atoms with Crippen molar-refractivity contribution in [1.82, 2.24) is 19.8 Å². The molecule has 0 amide bonds. The van der Waals surface area contributed by atoms with E-state index in [2.05, 4.69) is 43.2 Å². The Labute approximate surface area is 237 Å². The van der Waals surface area contributed by atoms with Crippen LogP contribution in [0, 0.1) is 5.82 Å². The first-order valence-corrected chi connectivity index (χ1v) is 14.8. The second-order valence-corrected chi connectivity index (χ2v) is 11.5. The monoisotopic (exact) mass is 568 g/mol. The number of ether oxygens (including phenoxy) is 2. The molecule has 9 nitrogen and oxygen atoms in total. The molecule has 2 aromatic heterocycles. The van der Waals surface area contributed by atoms with E-state index >= 15 is 4.39 Å². The molecule has 5 rings (SSSR count). The van der Waals surface area contributed by atoms with Crippen LogP contribution in [0.25, 0.3) is 11.3 Å². The molecule has 1 atom stereocenters. The van der Waals surface area contributed by atoms with Crippen molar-refractivity contribution in [2.75, 3.05) is 69.2 Å². The van der Waals surface area contributed by atoms with E-state index in [1.54, 1.807) is 36.7 Å². The van der Waals surface area contributed by atoms with Crippen LogP contribution in [-0.4, -0.2) is 89.6 Å².